The maximum atomic E-state index is 5.29. The highest BCUT2D eigenvalue weighted by Crippen LogP contribution is 2.30. The van der Waals surface area contributed by atoms with Crippen LogP contribution in [-0.2, 0) is 0 Å². The number of likely N-dealkylation sites (N-methyl/N-ethyl adjacent to an activating group) is 1. The predicted molar refractivity (Wildman–Crippen MR) is 71.3 cm³/mol. The van der Waals surface area contributed by atoms with Crippen molar-refractivity contribution in [3.63, 3.8) is 0 Å². The van der Waals surface area contributed by atoms with Gasteiger partial charge in [0, 0.05) is 0 Å². The van der Waals surface area contributed by atoms with E-state index in [0.29, 0.717) is 6.04 Å². The molecule has 2 nitrogen and oxygen atoms in total. The minimum atomic E-state index is 0.338. The summed E-state index contributed by atoms with van der Waals surface area (Å²) in [6, 6.07) is 8.67. The number of nitrogens with one attached hydrogen (secondary N) is 1. The third kappa shape index (κ3) is 2.89. The van der Waals surface area contributed by atoms with Crippen LogP contribution >= 0.6 is 0 Å². The van der Waals surface area contributed by atoms with Crippen LogP contribution in [-0.4, -0.2) is 14.2 Å². The summed E-state index contributed by atoms with van der Waals surface area (Å²) in [5, 5.41) is 3.42. The third-order valence-electron chi connectivity index (χ3n) is 3.41. The van der Waals surface area contributed by atoms with E-state index in [1.165, 1.54) is 36.8 Å². The summed E-state index contributed by atoms with van der Waals surface area (Å²) >= 11 is 0. The standard InChI is InChI=1S/C15H21NO/c1-16-15(12-7-4-3-5-8-12)13-9-6-10-14(11-13)17-2/h6-7,9-11,15-16H,3-5,8H2,1-2H3. The number of rotatable bonds is 4. The molecule has 0 aromatic heterocycles. The molecule has 1 aromatic carbocycles. The largest absolute Gasteiger partial charge is 0.497 e. The highest BCUT2D eigenvalue weighted by atomic mass is 16.5. The number of methoxy groups -OCH3 is 1. The van der Waals surface area contributed by atoms with Gasteiger partial charge in [-0.15, -0.1) is 0 Å². The van der Waals surface area contributed by atoms with Gasteiger partial charge in [-0.3, -0.25) is 0 Å². The Hall–Kier alpha value is -1.28. The lowest BCUT2D eigenvalue weighted by Gasteiger charge is -2.23. The number of allylic oxidation sites excluding steroid dienone is 1. The van der Waals surface area contributed by atoms with Crippen molar-refractivity contribution in [1.82, 2.24) is 5.32 Å². The Balaban J connectivity index is 2.24. The highest BCUT2D eigenvalue weighted by Gasteiger charge is 2.16. The fourth-order valence-electron chi connectivity index (χ4n) is 2.51. The van der Waals surface area contributed by atoms with Crippen LogP contribution in [0.4, 0.5) is 0 Å². The van der Waals surface area contributed by atoms with E-state index in [9.17, 15) is 0 Å². The molecule has 1 aliphatic carbocycles. The minimum absolute atomic E-state index is 0.338. The van der Waals surface area contributed by atoms with Crippen LogP contribution in [0.1, 0.15) is 37.3 Å². The molecule has 0 amide bonds. The summed E-state index contributed by atoms with van der Waals surface area (Å²) in [7, 11) is 3.74. The lowest BCUT2D eigenvalue weighted by atomic mass is 9.90. The van der Waals surface area contributed by atoms with Crippen molar-refractivity contribution < 1.29 is 4.74 Å². The molecular formula is C15H21NO. The van der Waals surface area contributed by atoms with Crippen LogP contribution in [0.5, 0.6) is 5.75 Å². The van der Waals surface area contributed by atoms with Crippen molar-refractivity contribution in [2.45, 2.75) is 31.7 Å². The zero-order valence-corrected chi connectivity index (χ0v) is 10.7. The Morgan fingerprint density at radius 1 is 1.29 bits per heavy atom. The van der Waals surface area contributed by atoms with Crippen molar-refractivity contribution in [1.29, 1.82) is 0 Å². The monoisotopic (exact) mass is 231 g/mol. The fourth-order valence-corrected chi connectivity index (χ4v) is 2.51. The van der Waals surface area contributed by atoms with Gasteiger partial charge in [0.1, 0.15) is 5.75 Å². The molecular weight excluding hydrogens is 210 g/mol. The molecule has 0 saturated carbocycles. The van der Waals surface area contributed by atoms with Gasteiger partial charge in [0.15, 0.2) is 0 Å². The molecule has 1 aliphatic rings. The predicted octanol–water partition coefficient (Wildman–Crippen LogP) is 3.46. The van der Waals surface area contributed by atoms with Gasteiger partial charge >= 0.3 is 0 Å². The zero-order valence-electron chi connectivity index (χ0n) is 10.7. The molecule has 2 heteroatoms. The minimum Gasteiger partial charge on any atom is -0.497 e. The smallest absolute Gasteiger partial charge is 0.119 e. The Bertz CT molecular complexity index is 398. The molecule has 0 fully saturated rings. The van der Waals surface area contributed by atoms with E-state index in [1.807, 2.05) is 13.1 Å². The molecule has 0 heterocycles. The maximum Gasteiger partial charge on any atom is 0.119 e. The molecule has 0 radical (unpaired) electrons. The maximum absolute atomic E-state index is 5.29. The second-order valence-corrected chi connectivity index (χ2v) is 4.52. The Labute approximate surface area is 104 Å². The van der Waals surface area contributed by atoms with Crippen LogP contribution in [0.25, 0.3) is 0 Å². The van der Waals surface area contributed by atoms with E-state index in [2.05, 4.69) is 29.6 Å². The molecule has 2 rings (SSSR count). The van der Waals surface area contributed by atoms with E-state index in [-0.39, 0.29) is 0 Å². The van der Waals surface area contributed by atoms with E-state index in [1.54, 1.807) is 7.11 Å². The molecule has 0 bridgehead atoms. The Morgan fingerprint density at radius 2 is 2.18 bits per heavy atom. The zero-order chi connectivity index (χ0) is 12.1. The molecule has 1 unspecified atom stereocenters. The molecule has 1 aromatic rings. The lowest BCUT2D eigenvalue weighted by Crippen LogP contribution is -2.19. The SMILES string of the molecule is CNC(C1=CCCCC1)c1cccc(OC)c1. The second-order valence-electron chi connectivity index (χ2n) is 4.52. The molecule has 1 N–H and O–H groups in total. The number of ether oxygens (including phenoxy) is 1. The summed E-state index contributed by atoms with van der Waals surface area (Å²) in [4.78, 5) is 0. The summed E-state index contributed by atoms with van der Waals surface area (Å²) in [5.41, 5.74) is 2.81. The lowest BCUT2D eigenvalue weighted by molar-refractivity contribution is 0.413. The van der Waals surface area contributed by atoms with Gasteiger partial charge in [-0.05, 0) is 50.4 Å². The number of benzene rings is 1. The fraction of sp³-hybridized carbons (Fsp3) is 0.467. The summed E-state index contributed by atoms with van der Waals surface area (Å²) in [6.07, 6.45) is 7.47. The average molecular weight is 231 g/mol. The van der Waals surface area contributed by atoms with Crippen molar-refractivity contribution in [2.75, 3.05) is 14.2 Å². The van der Waals surface area contributed by atoms with Gasteiger partial charge in [0.2, 0.25) is 0 Å². The first-order valence-corrected chi connectivity index (χ1v) is 6.35. The van der Waals surface area contributed by atoms with Crippen LogP contribution in [0, 0.1) is 0 Å². The van der Waals surface area contributed by atoms with Gasteiger partial charge < -0.3 is 10.1 Å². The van der Waals surface area contributed by atoms with Gasteiger partial charge in [0.05, 0.1) is 13.2 Å². The highest BCUT2D eigenvalue weighted by molar-refractivity contribution is 5.35. The quantitative estimate of drug-likeness (QED) is 0.801. The van der Waals surface area contributed by atoms with Gasteiger partial charge in [0.25, 0.3) is 0 Å². The second kappa shape index (κ2) is 5.87. The van der Waals surface area contributed by atoms with Gasteiger partial charge in [-0.2, -0.15) is 0 Å². The van der Waals surface area contributed by atoms with Crippen LogP contribution < -0.4 is 10.1 Å². The first-order valence-electron chi connectivity index (χ1n) is 6.35. The van der Waals surface area contributed by atoms with E-state index >= 15 is 0 Å². The molecule has 0 saturated heterocycles. The first kappa shape index (κ1) is 12.2. The molecule has 0 aliphatic heterocycles. The van der Waals surface area contributed by atoms with Crippen molar-refractivity contribution in [2.24, 2.45) is 0 Å². The van der Waals surface area contributed by atoms with E-state index < -0.39 is 0 Å². The Kier molecular flexibility index (Phi) is 4.21. The van der Waals surface area contributed by atoms with Gasteiger partial charge in [-0.1, -0.05) is 23.8 Å². The van der Waals surface area contributed by atoms with Crippen molar-refractivity contribution in [3.8, 4) is 5.75 Å². The molecule has 0 spiro atoms. The van der Waals surface area contributed by atoms with Crippen molar-refractivity contribution >= 4 is 0 Å². The first-order chi connectivity index (χ1) is 8.35. The average Bonchev–Trinajstić information content (AvgIpc) is 2.41. The molecule has 17 heavy (non-hydrogen) atoms. The third-order valence-corrected chi connectivity index (χ3v) is 3.41. The van der Waals surface area contributed by atoms with Gasteiger partial charge in [-0.25, -0.2) is 0 Å². The molecule has 92 valence electrons. The summed E-state index contributed by atoms with van der Waals surface area (Å²) in [6.45, 7) is 0. The van der Waals surface area contributed by atoms with Crippen molar-refractivity contribution in [3.05, 3.63) is 41.5 Å². The number of hydrogen-bond acceptors (Lipinski definition) is 2. The van der Waals surface area contributed by atoms with E-state index in [0.717, 1.165) is 5.75 Å². The summed E-state index contributed by atoms with van der Waals surface area (Å²) in [5.74, 6) is 0.930. The molecule has 1 atom stereocenters. The van der Waals surface area contributed by atoms with Crippen LogP contribution in [0.15, 0.2) is 35.9 Å². The summed E-state index contributed by atoms with van der Waals surface area (Å²) < 4.78 is 5.29. The van der Waals surface area contributed by atoms with Crippen LogP contribution in [0.2, 0.25) is 0 Å². The van der Waals surface area contributed by atoms with E-state index in [4.69, 9.17) is 4.74 Å². The van der Waals surface area contributed by atoms with Crippen LogP contribution in [0.3, 0.4) is 0 Å². The topological polar surface area (TPSA) is 21.3 Å². The Morgan fingerprint density at radius 3 is 2.82 bits per heavy atom. The normalized spacial score (nSPS) is 17.4. The number of hydrogen-bond donors (Lipinski definition) is 1.